The minimum Gasteiger partial charge on any atom is -0.346 e. The Balaban J connectivity index is 2.44. The highest BCUT2D eigenvalue weighted by atomic mass is 79.9. The summed E-state index contributed by atoms with van der Waals surface area (Å²) < 4.78 is 14.9. The molecule has 0 saturated heterocycles. The zero-order valence-corrected chi connectivity index (χ0v) is 12.6. The van der Waals surface area contributed by atoms with Gasteiger partial charge in [-0.1, -0.05) is 29.9 Å². The SMILES string of the molecule is Cc1[nH]c(Cc2c(F)cccc2Cl)nc(=S)c1Br. The summed E-state index contributed by atoms with van der Waals surface area (Å²) in [5, 5.41) is 0.386. The summed E-state index contributed by atoms with van der Waals surface area (Å²) in [5.41, 5.74) is 1.27. The van der Waals surface area contributed by atoms with Crippen molar-refractivity contribution in [2.75, 3.05) is 0 Å². The second kappa shape index (κ2) is 5.47. The maximum absolute atomic E-state index is 13.7. The molecule has 1 heterocycles. The number of nitrogens with zero attached hydrogens (tertiary/aromatic N) is 1. The number of aromatic amines is 1. The average Bonchev–Trinajstić information content (AvgIpc) is 2.31. The van der Waals surface area contributed by atoms with E-state index in [0.29, 0.717) is 21.1 Å². The molecule has 2 aromatic rings. The third kappa shape index (κ3) is 2.79. The Morgan fingerprint density at radius 1 is 1.50 bits per heavy atom. The van der Waals surface area contributed by atoms with Crippen molar-refractivity contribution in [2.24, 2.45) is 0 Å². The first-order chi connectivity index (χ1) is 8.49. The van der Waals surface area contributed by atoms with E-state index >= 15 is 0 Å². The highest BCUT2D eigenvalue weighted by molar-refractivity contribution is 9.10. The Kier molecular flexibility index (Phi) is 4.14. The summed E-state index contributed by atoms with van der Waals surface area (Å²) in [4.78, 5) is 7.27. The van der Waals surface area contributed by atoms with E-state index in [1.54, 1.807) is 12.1 Å². The molecule has 18 heavy (non-hydrogen) atoms. The van der Waals surface area contributed by atoms with Crippen molar-refractivity contribution in [3.05, 3.63) is 55.2 Å². The number of aryl methyl sites for hydroxylation is 1. The van der Waals surface area contributed by atoms with Crippen LogP contribution in [0.5, 0.6) is 0 Å². The molecule has 94 valence electrons. The molecular formula is C12H9BrClFN2S. The van der Waals surface area contributed by atoms with Crippen LogP contribution < -0.4 is 0 Å². The van der Waals surface area contributed by atoms with Gasteiger partial charge >= 0.3 is 0 Å². The Bertz CT molecular complexity index is 637. The van der Waals surface area contributed by atoms with Crippen LogP contribution in [0.25, 0.3) is 0 Å². The van der Waals surface area contributed by atoms with Gasteiger partial charge in [0, 0.05) is 22.7 Å². The van der Waals surface area contributed by atoms with Crippen molar-refractivity contribution in [3.63, 3.8) is 0 Å². The fourth-order valence-electron chi connectivity index (χ4n) is 1.58. The van der Waals surface area contributed by atoms with Crippen LogP contribution in [0, 0.1) is 17.4 Å². The van der Waals surface area contributed by atoms with E-state index in [1.165, 1.54) is 6.07 Å². The minimum absolute atomic E-state index is 0.281. The van der Waals surface area contributed by atoms with E-state index in [4.69, 9.17) is 23.8 Å². The Labute approximate surface area is 122 Å². The van der Waals surface area contributed by atoms with Crippen LogP contribution in [0.2, 0.25) is 5.02 Å². The second-order valence-electron chi connectivity index (χ2n) is 3.80. The predicted octanol–water partition coefficient (Wildman–Crippen LogP) is 4.59. The van der Waals surface area contributed by atoms with Gasteiger partial charge in [0.25, 0.3) is 0 Å². The van der Waals surface area contributed by atoms with Crippen LogP contribution in [-0.2, 0) is 6.42 Å². The smallest absolute Gasteiger partial charge is 0.144 e. The Morgan fingerprint density at radius 3 is 2.83 bits per heavy atom. The van der Waals surface area contributed by atoms with Crippen molar-refractivity contribution in [3.8, 4) is 0 Å². The first-order valence-corrected chi connectivity index (χ1v) is 6.75. The van der Waals surface area contributed by atoms with Crippen LogP contribution in [0.1, 0.15) is 17.1 Å². The van der Waals surface area contributed by atoms with Gasteiger partial charge < -0.3 is 4.98 Å². The zero-order chi connectivity index (χ0) is 13.3. The van der Waals surface area contributed by atoms with E-state index < -0.39 is 0 Å². The lowest BCUT2D eigenvalue weighted by molar-refractivity contribution is 0.612. The lowest BCUT2D eigenvalue weighted by Gasteiger charge is -2.07. The summed E-state index contributed by atoms with van der Waals surface area (Å²) in [6.07, 6.45) is 0.281. The molecule has 0 unspecified atom stereocenters. The number of nitrogens with one attached hydrogen (secondary N) is 1. The molecule has 0 bridgehead atoms. The molecule has 0 amide bonds. The molecule has 0 fully saturated rings. The molecule has 2 nitrogen and oxygen atoms in total. The highest BCUT2D eigenvalue weighted by Crippen LogP contribution is 2.22. The first kappa shape index (κ1) is 13.6. The van der Waals surface area contributed by atoms with Crippen molar-refractivity contribution in [2.45, 2.75) is 13.3 Å². The molecule has 6 heteroatoms. The number of aromatic nitrogens is 2. The quantitative estimate of drug-likeness (QED) is 0.805. The molecule has 0 radical (unpaired) electrons. The van der Waals surface area contributed by atoms with Gasteiger partial charge in [-0.05, 0) is 35.0 Å². The van der Waals surface area contributed by atoms with E-state index in [0.717, 1.165) is 10.2 Å². The van der Waals surface area contributed by atoms with Gasteiger partial charge in [0.2, 0.25) is 0 Å². The van der Waals surface area contributed by atoms with Crippen LogP contribution in [0.15, 0.2) is 22.7 Å². The van der Waals surface area contributed by atoms with Crippen molar-refractivity contribution in [1.82, 2.24) is 9.97 Å². The van der Waals surface area contributed by atoms with Gasteiger partial charge in [-0.2, -0.15) is 0 Å². The van der Waals surface area contributed by atoms with Crippen LogP contribution in [-0.4, -0.2) is 9.97 Å². The monoisotopic (exact) mass is 346 g/mol. The van der Waals surface area contributed by atoms with Crippen molar-refractivity contribution >= 4 is 39.7 Å². The molecule has 1 aromatic carbocycles. The minimum atomic E-state index is -0.343. The number of halogens is 3. The molecule has 2 rings (SSSR count). The van der Waals surface area contributed by atoms with E-state index in [2.05, 4.69) is 25.9 Å². The molecule has 0 aliphatic carbocycles. The molecule has 0 aliphatic heterocycles. The largest absolute Gasteiger partial charge is 0.346 e. The molecule has 0 saturated carbocycles. The maximum atomic E-state index is 13.7. The third-order valence-corrected chi connectivity index (χ3v) is 4.37. The topological polar surface area (TPSA) is 28.7 Å². The summed E-state index contributed by atoms with van der Waals surface area (Å²) in [6, 6.07) is 4.60. The number of hydrogen-bond acceptors (Lipinski definition) is 2. The molecule has 1 N–H and O–H groups in total. The van der Waals surface area contributed by atoms with E-state index in [-0.39, 0.29) is 12.2 Å². The number of benzene rings is 1. The number of H-pyrrole nitrogens is 1. The second-order valence-corrected chi connectivity index (χ2v) is 5.39. The van der Waals surface area contributed by atoms with Crippen LogP contribution in [0.3, 0.4) is 0 Å². The van der Waals surface area contributed by atoms with Crippen molar-refractivity contribution < 1.29 is 4.39 Å². The predicted molar refractivity (Wildman–Crippen MR) is 76.1 cm³/mol. The van der Waals surface area contributed by atoms with Crippen molar-refractivity contribution in [1.29, 1.82) is 0 Å². The maximum Gasteiger partial charge on any atom is 0.144 e. The Morgan fingerprint density at radius 2 is 2.22 bits per heavy atom. The summed E-state index contributed by atoms with van der Waals surface area (Å²) in [5.74, 6) is 0.247. The average molecular weight is 348 g/mol. The molecular weight excluding hydrogens is 339 g/mol. The molecule has 0 aliphatic rings. The van der Waals surface area contributed by atoms with E-state index in [1.807, 2.05) is 6.92 Å². The van der Waals surface area contributed by atoms with Gasteiger partial charge in [-0.25, -0.2) is 9.37 Å². The van der Waals surface area contributed by atoms with Gasteiger partial charge in [-0.15, -0.1) is 0 Å². The first-order valence-electron chi connectivity index (χ1n) is 5.17. The molecule has 1 aromatic heterocycles. The normalized spacial score (nSPS) is 10.7. The fourth-order valence-corrected chi connectivity index (χ4v) is 2.26. The zero-order valence-electron chi connectivity index (χ0n) is 9.43. The van der Waals surface area contributed by atoms with E-state index in [9.17, 15) is 4.39 Å². The lowest BCUT2D eigenvalue weighted by Crippen LogP contribution is -2.02. The van der Waals surface area contributed by atoms with Gasteiger partial charge in [-0.3, -0.25) is 0 Å². The number of rotatable bonds is 2. The standard InChI is InChI=1S/C12H9BrClFN2S/c1-6-11(13)12(18)17-10(16-6)5-7-8(14)3-2-4-9(7)15/h2-4H,5H2,1H3,(H,16,17,18). The lowest BCUT2D eigenvalue weighted by atomic mass is 10.1. The van der Waals surface area contributed by atoms with Crippen LogP contribution in [0.4, 0.5) is 4.39 Å². The van der Waals surface area contributed by atoms with Gasteiger partial charge in [0.15, 0.2) is 0 Å². The summed E-state index contributed by atoms with van der Waals surface area (Å²) in [6.45, 7) is 1.87. The number of hydrogen-bond donors (Lipinski definition) is 1. The molecule has 0 atom stereocenters. The summed E-state index contributed by atoms with van der Waals surface area (Å²) >= 11 is 14.4. The van der Waals surface area contributed by atoms with Gasteiger partial charge in [0.05, 0.1) is 4.47 Å². The van der Waals surface area contributed by atoms with Gasteiger partial charge in [0.1, 0.15) is 16.3 Å². The fraction of sp³-hybridized carbons (Fsp3) is 0.167. The Hall–Kier alpha value is -0.780. The van der Waals surface area contributed by atoms with Crippen LogP contribution >= 0.6 is 39.7 Å². The highest BCUT2D eigenvalue weighted by Gasteiger charge is 2.10. The molecule has 0 spiro atoms. The summed E-state index contributed by atoms with van der Waals surface area (Å²) in [7, 11) is 0. The third-order valence-electron chi connectivity index (χ3n) is 2.49.